The zero-order valence-electron chi connectivity index (χ0n) is 11.5. The van der Waals surface area contributed by atoms with Gasteiger partial charge in [0.2, 0.25) is 10.0 Å². The highest BCUT2D eigenvalue weighted by molar-refractivity contribution is 7.89. The molecule has 0 atom stereocenters. The van der Waals surface area contributed by atoms with E-state index < -0.39 is 10.0 Å². The third kappa shape index (κ3) is 5.18. The quantitative estimate of drug-likeness (QED) is 0.680. The molecule has 0 heterocycles. The van der Waals surface area contributed by atoms with Crippen LogP contribution in [0.3, 0.4) is 0 Å². The molecule has 19 heavy (non-hydrogen) atoms. The summed E-state index contributed by atoms with van der Waals surface area (Å²) in [7, 11) is -3.43. The molecular weight excluding hydrogens is 264 g/mol. The minimum absolute atomic E-state index is 0.285. The van der Waals surface area contributed by atoms with Crippen LogP contribution in [0.1, 0.15) is 20.3 Å². The van der Waals surface area contributed by atoms with Crippen molar-refractivity contribution in [3.63, 3.8) is 0 Å². The van der Waals surface area contributed by atoms with Crippen LogP contribution in [0.4, 0.5) is 5.69 Å². The Hall–Kier alpha value is -1.11. The lowest BCUT2D eigenvalue weighted by atomic mass is 10.3. The molecular formula is C13H22N2O3S. The maximum atomic E-state index is 12.0. The van der Waals surface area contributed by atoms with Crippen molar-refractivity contribution < 1.29 is 13.2 Å². The van der Waals surface area contributed by atoms with Crippen LogP contribution in [-0.2, 0) is 14.8 Å². The first-order valence-corrected chi connectivity index (χ1v) is 8.00. The van der Waals surface area contributed by atoms with Gasteiger partial charge in [0.05, 0.1) is 5.69 Å². The molecule has 0 amide bonds. The number of hydrogen-bond acceptors (Lipinski definition) is 4. The topological polar surface area (TPSA) is 67.4 Å². The molecule has 0 unspecified atom stereocenters. The van der Waals surface area contributed by atoms with Crippen molar-refractivity contribution in [1.82, 2.24) is 4.72 Å². The van der Waals surface area contributed by atoms with Gasteiger partial charge in [-0.05, 0) is 25.5 Å². The van der Waals surface area contributed by atoms with Crippen LogP contribution < -0.4 is 10.0 Å². The number of hydrogen-bond donors (Lipinski definition) is 2. The van der Waals surface area contributed by atoms with E-state index in [2.05, 4.69) is 10.0 Å². The Balaban J connectivity index is 2.68. The minimum atomic E-state index is -3.43. The van der Waals surface area contributed by atoms with Gasteiger partial charge in [0.1, 0.15) is 4.90 Å². The predicted molar refractivity (Wildman–Crippen MR) is 76.9 cm³/mol. The van der Waals surface area contributed by atoms with Gasteiger partial charge in [-0.25, -0.2) is 13.1 Å². The predicted octanol–water partition coefficient (Wildman–Crippen LogP) is 1.82. The molecule has 0 aliphatic rings. The lowest BCUT2D eigenvalue weighted by Crippen LogP contribution is -2.24. The second-order valence-electron chi connectivity index (χ2n) is 3.97. The summed E-state index contributed by atoms with van der Waals surface area (Å²) >= 11 is 0. The molecule has 1 aromatic rings. The normalized spacial score (nSPS) is 11.5. The van der Waals surface area contributed by atoms with Crippen molar-refractivity contribution in [2.24, 2.45) is 0 Å². The molecule has 0 radical (unpaired) electrons. The van der Waals surface area contributed by atoms with E-state index in [1.54, 1.807) is 25.1 Å². The van der Waals surface area contributed by atoms with Crippen molar-refractivity contribution in [2.45, 2.75) is 25.2 Å². The first kappa shape index (κ1) is 15.9. The van der Waals surface area contributed by atoms with E-state index in [0.29, 0.717) is 32.0 Å². The zero-order valence-corrected chi connectivity index (χ0v) is 12.3. The highest BCUT2D eigenvalue weighted by Gasteiger charge is 2.16. The molecule has 1 rings (SSSR count). The summed E-state index contributed by atoms with van der Waals surface area (Å²) in [5.74, 6) is 0. The van der Waals surface area contributed by atoms with E-state index in [9.17, 15) is 8.42 Å². The van der Waals surface area contributed by atoms with Gasteiger partial charge < -0.3 is 10.1 Å². The smallest absolute Gasteiger partial charge is 0.242 e. The monoisotopic (exact) mass is 286 g/mol. The highest BCUT2D eigenvalue weighted by Crippen LogP contribution is 2.20. The Morgan fingerprint density at radius 3 is 2.63 bits per heavy atom. The number of anilines is 1. The maximum Gasteiger partial charge on any atom is 0.242 e. The SMILES string of the molecule is CCNS(=O)(=O)c1ccccc1NCCCOCC. The van der Waals surface area contributed by atoms with Gasteiger partial charge in [-0.1, -0.05) is 19.1 Å². The zero-order chi connectivity index (χ0) is 14.1. The van der Waals surface area contributed by atoms with Crippen molar-refractivity contribution in [1.29, 1.82) is 0 Å². The van der Waals surface area contributed by atoms with E-state index in [-0.39, 0.29) is 4.90 Å². The van der Waals surface area contributed by atoms with Gasteiger partial charge in [-0.2, -0.15) is 0 Å². The molecule has 0 aliphatic carbocycles. The second-order valence-corrected chi connectivity index (χ2v) is 5.71. The van der Waals surface area contributed by atoms with Crippen LogP contribution in [-0.4, -0.2) is 34.7 Å². The lowest BCUT2D eigenvalue weighted by Gasteiger charge is -2.12. The van der Waals surface area contributed by atoms with E-state index in [4.69, 9.17) is 4.74 Å². The number of rotatable bonds is 9. The molecule has 108 valence electrons. The Labute approximate surface area is 115 Å². The van der Waals surface area contributed by atoms with Crippen molar-refractivity contribution in [3.8, 4) is 0 Å². The summed E-state index contributed by atoms with van der Waals surface area (Å²) in [6.45, 7) is 6.14. The molecule has 5 nitrogen and oxygen atoms in total. The number of benzene rings is 1. The molecule has 0 aliphatic heterocycles. The molecule has 0 saturated heterocycles. The van der Waals surface area contributed by atoms with Gasteiger partial charge >= 0.3 is 0 Å². The van der Waals surface area contributed by atoms with Crippen LogP contribution in [0.25, 0.3) is 0 Å². The second kappa shape index (κ2) is 8.14. The van der Waals surface area contributed by atoms with Crippen LogP contribution in [0, 0.1) is 0 Å². The highest BCUT2D eigenvalue weighted by atomic mass is 32.2. The third-order valence-corrected chi connectivity index (χ3v) is 4.10. The minimum Gasteiger partial charge on any atom is -0.384 e. The lowest BCUT2D eigenvalue weighted by molar-refractivity contribution is 0.147. The number of para-hydroxylation sites is 1. The first-order chi connectivity index (χ1) is 9.11. The Bertz CT molecular complexity index is 475. The largest absolute Gasteiger partial charge is 0.384 e. The van der Waals surface area contributed by atoms with Crippen LogP contribution in [0.2, 0.25) is 0 Å². The van der Waals surface area contributed by atoms with E-state index in [1.807, 2.05) is 13.0 Å². The summed E-state index contributed by atoms with van der Waals surface area (Å²) in [5, 5.41) is 3.14. The summed E-state index contributed by atoms with van der Waals surface area (Å²) in [6.07, 6.45) is 0.837. The van der Waals surface area contributed by atoms with Gasteiger partial charge in [0, 0.05) is 26.3 Å². The molecule has 6 heteroatoms. The van der Waals surface area contributed by atoms with Gasteiger partial charge in [-0.3, -0.25) is 0 Å². The average Bonchev–Trinajstić information content (AvgIpc) is 2.39. The van der Waals surface area contributed by atoms with Crippen LogP contribution in [0.15, 0.2) is 29.2 Å². The Morgan fingerprint density at radius 1 is 1.21 bits per heavy atom. The fourth-order valence-corrected chi connectivity index (χ4v) is 2.88. The molecule has 1 aromatic carbocycles. The summed E-state index contributed by atoms with van der Waals surface area (Å²) in [5.41, 5.74) is 0.625. The first-order valence-electron chi connectivity index (χ1n) is 6.52. The molecule has 0 spiro atoms. The number of nitrogens with one attached hydrogen (secondary N) is 2. The Kier molecular flexibility index (Phi) is 6.83. The summed E-state index contributed by atoms with van der Waals surface area (Å²) in [6, 6.07) is 6.90. The van der Waals surface area contributed by atoms with Crippen molar-refractivity contribution in [2.75, 3.05) is 31.6 Å². The number of ether oxygens (including phenoxy) is 1. The van der Waals surface area contributed by atoms with E-state index in [1.165, 1.54) is 0 Å². The molecule has 0 fully saturated rings. The van der Waals surface area contributed by atoms with Crippen molar-refractivity contribution in [3.05, 3.63) is 24.3 Å². The molecule has 0 bridgehead atoms. The summed E-state index contributed by atoms with van der Waals surface area (Å²) in [4.78, 5) is 0.285. The van der Waals surface area contributed by atoms with Crippen molar-refractivity contribution >= 4 is 15.7 Å². The van der Waals surface area contributed by atoms with Gasteiger partial charge in [-0.15, -0.1) is 0 Å². The van der Waals surface area contributed by atoms with E-state index in [0.717, 1.165) is 6.42 Å². The summed E-state index contributed by atoms with van der Waals surface area (Å²) < 4.78 is 31.8. The van der Waals surface area contributed by atoms with Gasteiger partial charge in [0.15, 0.2) is 0 Å². The average molecular weight is 286 g/mol. The fourth-order valence-electron chi connectivity index (χ4n) is 1.66. The Morgan fingerprint density at radius 2 is 1.95 bits per heavy atom. The van der Waals surface area contributed by atoms with Crippen LogP contribution >= 0.6 is 0 Å². The van der Waals surface area contributed by atoms with E-state index >= 15 is 0 Å². The fraction of sp³-hybridized carbons (Fsp3) is 0.538. The van der Waals surface area contributed by atoms with Gasteiger partial charge in [0.25, 0.3) is 0 Å². The standard InChI is InChI=1S/C13H22N2O3S/c1-3-15-19(16,17)13-9-6-5-8-12(13)14-10-7-11-18-4-2/h5-6,8-9,14-15H,3-4,7,10-11H2,1-2H3. The third-order valence-electron chi connectivity index (χ3n) is 2.50. The number of sulfonamides is 1. The molecule has 2 N–H and O–H groups in total. The molecule has 0 saturated carbocycles. The maximum absolute atomic E-state index is 12.0. The van der Waals surface area contributed by atoms with Crippen LogP contribution in [0.5, 0.6) is 0 Å². The molecule has 0 aromatic heterocycles.